The number of likely N-dealkylation sites (N-methyl/N-ethyl adjacent to an activating group) is 1. The van der Waals surface area contributed by atoms with Crippen molar-refractivity contribution >= 4 is 17.3 Å². The van der Waals surface area contributed by atoms with E-state index in [1.54, 1.807) is 0 Å². The summed E-state index contributed by atoms with van der Waals surface area (Å²) in [4.78, 5) is 23.5. The molecular weight excluding hydrogens is 348 g/mol. The maximum atomic E-state index is 12.7. The average Bonchev–Trinajstić information content (AvgIpc) is 3.18. The number of hydrogen-bond acceptors (Lipinski definition) is 4. The normalized spacial score (nSPS) is 17.2. The number of carbonyl (C=O) groups is 1. The molecule has 1 fully saturated rings. The second-order valence-electron chi connectivity index (χ2n) is 8.09. The van der Waals surface area contributed by atoms with E-state index in [9.17, 15) is 4.79 Å². The molecule has 0 aliphatic carbocycles. The van der Waals surface area contributed by atoms with Crippen LogP contribution in [0.4, 0.5) is 11.4 Å². The minimum atomic E-state index is 0.222. The molecule has 0 bridgehead atoms. The summed E-state index contributed by atoms with van der Waals surface area (Å²) in [7, 11) is 2.08. The molecule has 1 aromatic heterocycles. The fraction of sp³-hybridized carbons (Fsp3) is 0.478. The Morgan fingerprint density at radius 1 is 1.11 bits per heavy atom. The van der Waals surface area contributed by atoms with Crippen LogP contribution in [0.3, 0.4) is 0 Å². The minimum Gasteiger partial charge on any atom is -0.371 e. The van der Waals surface area contributed by atoms with E-state index in [-0.39, 0.29) is 5.91 Å². The molecule has 5 heteroatoms. The predicted octanol–water partition coefficient (Wildman–Crippen LogP) is 3.21. The Bertz CT molecular complexity index is 786. The molecule has 148 valence electrons. The van der Waals surface area contributed by atoms with Gasteiger partial charge in [-0.1, -0.05) is 18.2 Å². The number of hydrogen-bond donors (Lipinski definition) is 0. The maximum Gasteiger partial charge on any atom is 0.241 e. The van der Waals surface area contributed by atoms with Gasteiger partial charge in [-0.05, 0) is 69.0 Å². The van der Waals surface area contributed by atoms with E-state index in [0.29, 0.717) is 6.54 Å². The standard InChI is InChI=1S/C23H30N4O/c1-25(18-23(28)27-17-11-20-4-2-3-5-22(20)27)14-8-19-9-15-26(16-10-19)21-6-12-24-13-7-21/h2-7,12-13,19H,8-11,14-18H2,1H3. The van der Waals surface area contributed by atoms with Crippen LogP contribution in [0.2, 0.25) is 0 Å². The van der Waals surface area contributed by atoms with Crippen LogP contribution in [0, 0.1) is 5.92 Å². The van der Waals surface area contributed by atoms with Gasteiger partial charge in [-0.25, -0.2) is 0 Å². The third-order valence-electron chi connectivity index (χ3n) is 6.15. The highest BCUT2D eigenvalue weighted by atomic mass is 16.2. The van der Waals surface area contributed by atoms with E-state index >= 15 is 0 Å². The molecule has 0 N–H and O–H groups in total. The van der Waals surface area contributed by atoms with Crippen molar-refractivity contribution in [3.8, 4) is 0 Å². The Hall–Kier alpha value is -2.40. The van der Waals surface area contributed by atoms with E-state index in [1.807, 2.05) is 23.4 Å². The van der Waals surface area contributed by atoms with Gasteiger partial charge in [0.25, 0.3) is 0 Å². The van der Waals surface area contributed by atoms with Crippen molar-refractivity contribution < 1.29 is 4.79 Å². The molecule has 0 spiro atoms. The maximum absolute atomic E-state index is 12.7. The molecule has 1 saturated heterocycles. The van der Waals surface area contributed by atoms with Crippen LogP contribution >= 0.6 is 0 Å². The summed E-state index contributed by atoms with van der Waals surface area (Å²) in [6, 6.07) is 12.5. The highest BCUT2D eigenvalue weighted by Gasteiger charge is 2.25. The molecule has 1 aromatic carbocycles. The summed E-state index contributed by atoms with van der Waals surface area (Å²) < 4.78 is 0. The molecule has 5 nitrogen and oxygen atoms in total. The molecule has 2 aliphatic rings. The van der Waals surface area contributed by atoms with E-state index in [4.69, 9.17) is 0 Å². The topological polar surface area (TPSA) is 39.7 Å². The highest BCUT2D eigenvalue weighted by Crippen LogP contribution is 2.28. The first kappa shape index (κ1) is 18.9. The lowest BCUT2D eigenvalue weighted by Crippen LogP contribution is -2.39. The molecular formula is C23H30N4O. The number of nitrogens with zero attached hydrogens (tertiary/aromatic N) is 4. The first-order chi connectivity index (χ1) is 13.7. The third-order valence-corrected chi connectivity index (χ3v) is 6.15. The highest BCUT2D eigenvalue weighted by molar-refractivity contribution is 5.96. The van der Waals surface area contributed by atoms with Crippen molar-refractivity contribution in [3.63, 3.8) is 0 Å². The van der Waals surface area contributed by atoms with Crippen molar-refractivity contribution in [1.82, 2.24) is 9.88 Å². The lowest BCUT2D eigenvalue weighted by molar-refractivity contribution is -0.119. The molecule has 0 radical (unpaired) electrons. The van der Waals surface area contributed by atoms with E-state index in [1.165, 1.54) is 30.5 Å². The van der Waals surface area contributed by atoms with Crippen molar-refractivity contribution in [2.24, 2.45) is 5.92 Å². The zero-order valence-electron chi connectivity index (χ0n) is 16.8. The van der Waals surface area contributed by atoms with Gasteiger partial charge in [-0.3, -0.25) is 14.7 Å². The summed E-state index contributed by atoms with van der Waals surface area (Å²) in [6.07, 6.45) is 8.33. The molecule has 28 heavy (non-hydrogen) atoms. The summed E-state index contributed by atoms with van der Waals surface area (Å²) in [5.74, 6) is 0.975. The number of fused-ring (bicyclic) bond motifs is 1. The van der Waals surface area contributed by atoms with Gasteiger partial charge in [0.2, 0.25) is 5.91 Å². The van der Waals surface area contributed by atoms with E-state index < -0.39 is 0 Å². The molecule has 1 amide bonds. The summed E-state index contributed by atoms with van der Waals surface area (Å²) in [6.45, 7) is 4.54. The van der Waals surface area contributed by atoms with Crippen molar-refractivity contribution in [2.45, 2.75) is 25.7 Å². The number of aromatic nitrogens is 1. The van der Waals surface area contributed by atoms with Gasteiger partial charge in [0.15, 0.2) is 0 Å². The Balaban J connectivity index is 1.20. The Morgan fingerprint density at radius 3 is 2.64 bits per heavy atom. The van der Waals surface area contributed by atoms with Gasteiger partial charge < -0.3 is 9.80 Å². The monoisotopic (exact) mass is 378 g/mol. The number of benzene rings is 1. The summed E-state index contributed by atoms with van der Waals surface area (Å²) in [5, 5.41) is 0. The van der Waals surface area contributed by atoms with Crippen LogP contribution in [-0.2, 0) is 11.2 Å². The molecule has 2 aromatic rings. The zero-order chi connectivity index (χ0) is 19.3. The van der Waals surface area contributed by atoms with Crippen LogP contribution in [0.5, 0.6) is 0 Å². The number of para-hydroxylation sites is 1. The SMILES string of the molecule is CN(CCC1CCN(c2ccncc2)CC1)CC(=O)N1CCc2ccccc21. The number of amides is 1. The minimum absolute atomic E-state index is 0.222. The Morgan fingerprint density at radius 2 is 1.86 bits per heavy atom. The number of piperidine rings is 1. The second-order valence-corrected chi connectivity index (χ2v) is 8.09. The summed E-state index contributed by atoms with van der Waals surface area (Å²) >= 11 is 0. The molecule has 2 aliphatic heterocycles. The molecule has 3 heterocycles. The van der Waals surface area contributed by atoms with E-state index in [0.717, 1.165) is 44.2 Å². The van der Waals surface area contributed by atoms with Crippen LogP contribution in [-0.4, -0.2) is 55.6 Å². The number of rotatable bonds is 6. The zero-order valence-corrected chi connectivity index (χ0v) is 16.8. The number of pyridine rings is 1. The average molecular weight is 379 g/mol. The first-order valence-corrected chi connectivity index (χ1v) is 10.4. The molecule has 4 rings (SSSR count). The molecule has 0 saturated carbocycles. The fourth-order valence-corrected chi connectivity index (χ4v) is 4.43. The van der Waals surface area contributed by atoms with E-state index in [2.05, 4.69) is 52.2 Å². The van der Waals surface area contributed by atoms with Crippen LogP contribution < -0.4 is 9.80 Å². The molecule has 0 atom stereocenters. The lowest BCUT2D eigenvalue weighted by Gasteiger charge is -2.34. The predicted molar refractivity (Wildman–Crippen MR) is 114 cm³/mol. The lowest BCUT2D eigenvalue weighted by atomic mass is 9.93. The van der Waals surface area contributed by atoms with Crippen LogP contribution in [0.25, 0.3) is 0 Å². The van der Waals surface area contributed by atoms with Gasteiger partial charge >= 0.3 is 0 Å². The number of anilines is 2. The fourth-order valence-electron chi connectivity index (χ4n) is 4.43. The van der Waals surface area contributed by atoms with Gasteiger partial charge in [0, 0.05) is 43.4 Å². The Labute approximate surface area is 168 Å². The van der Waals surface area contributed by atoms with Crippen LogP contribution in [0.1, 0.15) is 24.8 Å². The third kappa shape index (κ3) is 4.36. The first-order valence-electron chi connectivity index (χ1n) is 10.4. The van der Waals surface area contributed by atoms with Gasteiger partial charge in [-0.2, -0.15) is 0 Å². The van der Waals surface area contributed by atoms with Crippen molar-refractivity contribution in [1.29, 1.82) is 0 Å². The van der Waals surface area contributed by atoms with Crippen molar-refractivity contribution in [2.75, 3.05) is 49.6 Å². The largest absolute Gasteiger partial charge is 0.371 e. The van der Waals surface area contributed by atoms with Crippen molar-refractivity contribution in [3.05, 3.63) is 54.4 Å². The van der Waals surface area contributed by atoms with Crippen LogP contribution in [0.15, 0.2) is 48.8 Å². The quantitative estimate of drug-likeness (QED) is 0.774. The molecule has 0 unspecified atom stereocenters. The van der Waals surface area contributed by atoms with Gasteiger partial charge in [0.1, 0.15) is 0 Å². The summed E-state index contributed by atoms with van der Waals surface area (Å²) in [5.41, 5.74) is 3.67. The Kier molecular flexibility index (Phi) is 5.91. The van der Waals surface area contributed by atoms with Gasteiger partial charge in [0.05, 0.1) is 6.54 Å². The number of carbonyl (C=O) groups excluding carboxylic acids is 1. The van der Waals surface area contributed by atoms with Gasteiger partial charge in [-0.15, -0.1) is 0 Å². The smallest absolute Gasteiger partial charge is 0.241 e. The second kappa shape index (κ2) is 8.74.